The van der Waals surface area contributed by atoms with Crippen LogP contribution in [0, 0.1) is 0 Å². The quantitative estimate of drug-likeness (QED) is 0.604. The van der Waals surface area contributed by atoms with Crippen molar-refractivity contribution < 1.29 is 0 Å². The van der Waals surface area contributed by atoms with Gasteiger partial charge in [-0.3, -0.25) is 4.99 Å². The van der Waals surface area contributed by atoms with Gasteiger partial charge in [-0.15, -0.1) is 0 Å². The highest BCUT2D eigenvalue weighted by Crippen LogP contribution is 2.26. The number of likely N-dealkylation sites (N-methyl/N-ethyl adjacent to an activating group) is 1. The molecule has 0 aromatic heterocycles. The van der Waals surface area contributed by atoms with E-state index in [4.69, 9.17) is 4.99 Å². The van der Waals surface area contributed by atoms with Gasteiger partial charge in [0, 0.05) is 23.6 Å². The fraction of sp³-hybridized carbons (Fsp3) is 0.227. The molecule has 0 saturated heterocycles. The maximum Gasteiger partial charge on any atom is 0.131 e. The molecule has 2 nitrogen and oxygen atoms in total. The first-order valence-electron chi connectivity index (χ1n) is 8.73. The number of aliphatic imine (C=N–C) groups is 1. The molecule has 0 spiro atoms. The molecule has 0 aliphatic carbocycles. The molecule has 0 radical (unpaired) electrons. The number of fused-ring (bicyclic) bond motifs is 1. The summed E-state index contributed by atoms with van der Waals surface area (Å²) >= 11 is 3.66. The van der Waals surface area contributed by atoms with Crippen LogP contribution in [0.3, 0.4) is 0 Å². The fourth-order valence-corrected chi connectivity index (χ4v) is 4.13. The van der Waals surface area contributed by atoms with Crippen LogP contribution in [-0.2, 0) is 12.8 Å². The van der Waals surface area contributed by atoms with Crippen molar-refractivity contribution in [2.75, 3.05) is 20.1 Å². The second kappa shape index (κ2) is 7.01. The third-order valence-corrected chi connectivity index (χ3v) is 5.35. The van der Waals surface area contributed by atoms with Gasteiger partial charge in [0.2, 0.25) is 0 Å². The SMILES string of the molecule is CN1CCN=C1c1ccccc1CCc1cc(Br)cc2ccccc12. The Morgan fingerprint density at radius 2 is 1.72 bits per heavy atom. The topological polar surface area (TPSA) is 15.6 Å². The highest BCUT2D eigenvalue weighted by molar-refractivity contribution is 9.10. The highest BCUT2D eigenvalue weighted by Gasteiger charge is 2.17. The zero-order valence-electron chi connectivity index (χ0n) is 14.4. The van der Waals surface area contributed by atoms with E-state index in [0.29, 0.717) is 0 Å². The lowest BCUT2D eigenvalue weighted by Crippen LogP contribution is -2.24. The Morgan fingerprint density at radius 3 is 2.56 bits per heavy atom. The van der Waals surface area contributed by atoms with Gasteiger partial charge in [0.1, 0.15) is 5.84 Å². The summed E-state index contributed by atoms with van der Waals surface area (Å²) in [5.74, 6) is 1.13. The molecule has 0 saturated carbocycles. The summed E-state index contributed by atoms with van der Waals surface area (Å²) in [6.45, 7) is 1.91. The van der Waals surface area contributed by atoms with Crippen LogP contribution in [0.5, 0.6) is 0 Å². The Balaban J connectivity index is 1.65. The molecular formula is C22H21BrN2. The minimum Gasteiger partial charge on any atom is -0.358 e. The fourth-order valence-electron chi connectivity index (χ4n) is 3.61. The molecule has 0 unspecified atom stereocenters. The summed E-state index contributed by atoms with van der Waals surface area (Å²) < 4.78 is 1.15. The second-order valence-electron chi connectivity index (χ2n) is 6.57. The van der Waals surface area contributed by atoms with Gasteiger partial charge in [-0.25, -0.2) is 0 Å². The number of aryl methyl sites for hydroxylation is 2. The van der Waals surface area contributed by atoms with Crippen molar-refractivity contribution >= 4 is 32.5 Å². The molecule has 0 atom stereocenters. The smallest absolute Gasteiger partial charge is 0.131 e. The molecule has 0 bridgehead atoms. The largest absolute Gasteiger partial charge is 0.358 e. The van der Waals surface area contributed by atoms with Crippen molar-refractivity contribution in [3.8, 4) is 0 Å². The number of nitrogens with zero attached hydrogens (tertiary/aromatic N) is 2. The van der Waals surface area contributed by atoms with Crippen molar-refractivity contribution in [1.29, 1.82) is 0 Å². The van der Waals surface area contributed by atoms with E-state index in [1.54, 1.807) is 0 Å². The third kappa shape index (κ3) is 3.34. The zero-order valence-corrected chi connectivity index (χ0v) is 16.0. The van der Waals surface area contributed by atoms with Gasteiger partial charge < -0.3 is 4.90 Å². The molecule has 3 heteroatoms. The summed E-state index contributed by atoms with van der Waals surface area (Å²) in [6, 6.07) is 21.8. The van der Waals surface area contributed by atoms with Crippen molar-refractivity contribution in [1.82, 2.24) is 4.90 Å². The molecule has 0 N–H and O–H groups in total. The molecule has 0 fully saturated rings. The van der Waals surface area contributed by atoms with Crippen LogP contribution in [0.25, 0.3) is 10.8 Å². The number of rotatable bonds is 4. The lowest BCUT2D eigenvalue weighted by molar-refractivity contribution is 0.556. The van der Waals surface area contributed by atoms with Gasteiger partial charge in [0.15, 0.2) is 0 Å². The van der Waals surface area contributed by atoms with Gasteiger partial charge in [-0.2, -0.15) is 0 Å². The molecule has 4 rings (SSSR count). The van der Waals surface area contributed by atoms with Crippen molar-refractivity contribution in [3.63, 3.8) is 0 Å². The molecule has 1 aliphatic rings. The van der Waals surface area contributed by atoms with Gasteiger partial charge in [0.25, 0.3) is 0 Å². The Bertz CT molecular complexity index is 946. The summed E-state index contributed by atoms with van der Waals surface area (Å²) in [4.78, 5) is 6.96. The number of amidine groups is 1. The van der Waals surface area contributed by atoms with E-state index in [-0.39, 0.29) is 0 Å². The van der Waals surface area contributed by atoms with Crippen molar-refractivity contribution in [3.05, 3.63) is 81.8 Å². The summed E-state index contributed by atoms with van der Waals surface area (Å²) in [6.07, 6.45) is 2.04. The average molecular weight is 393 g/mol. The van der Waals surface area contributed by atoms with Crippen LogP contribution in [0.2, 0.25) is 0 Å². The average Bonchev–Trinajstić information content (AvgIpc) is 3.05. The Hall–Kier alpha value is -2.13. The van der Waals surface area contributed by atoms with Crippen LogP contribution in [0.4, 0.5) is 0 Å². The van der Waals surface area contributed by atoms with Crippen LogP contribution in [0.1, 0.15) is 16.7 Å². The number of halogens is 1. The molecule has 3 aromatic carbocycles. The molecule has 1 heterocycles. The van der Waals surface area contributed by atoms with Crippen molar-refractivity contribution in [2.45, 2.75) is 12.8 Å². The summed E-state index contributed by atoms with van der Waals surface area (Å²) in [7, 11) is 2.13. The summed E-state index contributed by atoms with van der Waals surface area (Å²) in [5, 5.41) is 2.64. The summed E-state index contributed by atoms with van der Waals surface area (Å²) in [5.41, 5.74) is 4.04. The van der Waals surface area contributed by atoms with E-state index in [2.05, 4.69) is 88.5 Å². The predicted octanol–water partition coefficient (Wildman–Crippen LogP) is 5.08. The van der Waals surface area contributed by atoms with Crippen LogP contribution < -0.4 is 0 Å². The van der Waals surface area contributed by atoms with Crippen LogP contribution in [0.15, 0.2) is 70.1 Å². The minimum absolute atomic E-state index is 0.899. The number of hydrogen-bond donors (Lipinski definition) is 0. The van der Waals surface area contributed by atoms with Crippen LogP contribution >= 0.6 is 15.9 Å². The van der Waals surface area contributed by atoms with Crippen molar-refractivity contribution in [2.24, 2.45) is 4.99 Å². The van der Waals surface area contributed by atoms with Crippen LogP contribution in [-0.4, -0.2) is 30.9 Å². The molecule has 3 aromatic rings. The molecule has 25 heavy (non-hydrogen) atoms. The predicted molar refractivity (Wildman–Crippen MR) is 110 cm³/mol. The lowest BCUT2D eigenvalue weighted by atomic mass is 9.96. The van der Waals surface area contributed by atoms with Gasteiger partial charge >= 0.3 is 0 Å². The van der Waals surface area contributed by atoms with Gasteiger partial charge in [-0.05, 0) is 46.9 Å². The highest BCUT2D eigenvalue weighted by atomic mass is 79.9. The van der Waals surface area contributed by atoms with Gasteiger partial charge in [0.05, 0.1) is 6.54 Å². The Kier molecular flexibility index (Phi) is 4.58. The standard InChI is InChI=1S/C22H21BrN2/c1-25-13-12-24-22(25)21-9-5-2-6-16(21)10-11-18-15-19(23)14-17-7-3-4-8-20(17)18/h2-9,14-15H,10-13H2,1H3. The molecule has 126 valence electrons. The van der Waals surface area contributed by atoms with E-state index >= 15 is 0 Å². The Morgan fingerprint density at radius 1 is 0.960 bits per heavy atom. The first-order valence-corrected chi connectivity index (χ1v) is 9.53. The maximum absolute atomic E-state index is 4.70. The van der Waals surface area contributed by atoms with E-state index in [0.717, 1.165) is 36.2 Å². The van der Waals surface area contributed by atoms with E-state index in [9.17, 15) is 0 Å². The minimum atomic E-state index is 0.899. The molecule has 0 amide bonds. The normalized spacial score (nSPS) is 14.2. The third-order valence-electron chi connectivity index (χ3n) is 4.89. The molecule has 1 aliphatic heterocycles. The second-order valence-corrected chi connectivity index (χ2v) is 7.49. The van der Waals surface area contributed by atoms with E-state index in [1.807, 2.05) is 0 Å². The number of hydrogen-bond acceptors (Lipinski definition) is 2. The number of benzene rings is 3. The lowest BCUT2D eigenvalue weighted by Gasteiger charge is -2.17. The van der Waals surface area contributed by atoms with E-state index in [1.165, 1.54) is 27.5 Å². The first kappa shape index (κ1) is 16.3. The zero-order chi connectivity index (χ0) is 17.2. The maximum atomic E-state index is 4.70. The monoisotopic (exact) mass is 392 g/mol. The Labute approximate surface area is 157 Å². The van der Waals surface area contributed by atoms with Gasteiger partial charge in [-0.1, -0.05) is 64.5 Å². The first-order chi connectivity index (χ1) is 12.2. The van der Waals surface area contributed by atoms with E-state index < -0.39 is 0 Å². The molecular weight excluding hydrogens is 372 g/mol.